The van der Waals surface area contributed by atoms with Gasteiger partial charge in [-0.05, 0) is 54.2 Å². The highest BCUT2D eigenvalue weighted by atomic mass is 16.2. The van der Waals surface area contributed by atoms with Gasteiger partial charge < -0.3 is 16.4 Å². The van der Waals surface area contributed by atoms with Crippen LogP contribution in [0.4, 0.5) is 5.69 Å². The van der Waals surface area contributed by atoms with Crippen molar-refractivity contribution in [1.82, 2.24) is 5.32 Å². The third kappa shape index (κ3) is 6.50. The summed E-state index contributed by atoms with van der Waals surface area (Å²) in [6.45, 7) is 6.69. The zero-order valence-electron chi connectivity index (χ0n) is 17.0. The fourth-order valence-corrected chi connectivity index (χ4v) is 3.14. The Bertz CT molecular complexity index is 767. The number of carbonyl (C=O) groups excluding carboxylic acids is 2. The van der Waals surface area contributed by atoms with Crippen LogP contribution in [-0.4, -0.2) is 18.4 Å². The lowest BCUT2D eigenvalue weighted by Crippen LogP contribution is -2.33. The van der Waals surface area contributed by atoms with Gasteiger partial charge in [0.25, 0.3) is 0 Å². The molecule has 0 aliphatic heterocycles. The highest BCUT2D eigenvalue weighted by molar-refractivity contribution is 5.95. The zero-order valence-corrected chi connectivity index (χ0v) is 17.0. The van der Waals surface area contributed by atoms with Crippen LogP contribution in [0, 0.1) is 5.92 Å². The molecule has 1 atom stereocenters. The number of benzene rings is 2. The van der Waals surface area contributed by atoms with Crippen LogP contribution >= 0.6 is 0 Å². The lowest BCUT2D eigenvalue weighted by atomic mass is 9.94. The van der Waals surface area contributed by atoms with Gasteiger partial charge in [-0.3, -0.25) is 9.59 Å². The second-order valence-electron chi connectivity index (χ2n) is 7.44. The monoisotopic (exact) mass is 381 g/mol. The first-order valence-corrected chi connectivity index (χ1v) is 9.92. The van der Waals surface area contributed by atoms with Crippen molar-refractivity contribution in [3.8, 4) is 0 Å². The summed E-state index contributed by atoms with van der Waals surface area (Å²) in [5.41, 5.74) is 8.82. The summed E-state index contributed by atoms with van der Waals surface area (Å²) in [5, 5.41) is 6.19. The number of primary amides is 1. The van der Waals surface area contributed by atoms with Crippen LogP contribution in [-0.2, 0) is 11.2 Å². The van der Waals surface area contributed by atoms with E-state index in [0.29, 0.717) is 17.2 Å². The van der Waals surface area contributed by atoms with E-state index < -0.39 is 5.91 Å². The maximum absolute atomic E-state index is 12.3. The van der Waals surface area contributed by atoms with Crippen LogP contribution in [0.25, 0.3) is 0 Å². The molecule has 2 rings (SSSR count). The molecule has 0 saturated heterocycles. The molecule has 4 N–H and O–H groups in total. The van der Waals surface area contributed by atoms with Crippen molar-refractivity contribution in [2.24, 2.45) is 11.7 Å². The van der Waals surface area contributed by atoms with Crippen LogP contribution in [0.15, 0.2) is 48.5 Å². The van der Waals surface area contributed by atoms with E-state index in [0.717, 1.165) is 6.42 Å². The van der Waals surface area contributed by atoms with Crippen molar-refractivity contribution in [3.05, 3.63) is 65.2 Å². The maximum Gasteiger partial charge on any atom is 0.248 e. The molecular formula is C23H31N3O2. The van der Waals surface area contributed by atoms with Crippen LogP contribution in [0.1, 0.15) is 61.1 Å². The van der Waals surface area contributed by atoms with Crippen molar-refractivity contribution >= 4 is 17.5 Å². The predicted molar refractivity (Wildman–Crippen MR) is 114 cm³/mol. The van der Waals surface area contributed by atoms with Crippen LogP contribution < -0.4 is 16.4 Å². The number of unbranched alkanes of at least 4 members (excludes halogenated alkanes) is 1. The Balaban J connectivity index is 1.93. The summed E-state index contributed by atoms with van der Waals surface area (Å²) in [5.74, 6) is -0.263. The molecule has 0 aliphatic rings. The minimum Gasteiger partial charge on any atom is -0.366 e. The zero-order chi connectivity index (χ0) is 20.5. The number of nitrogens with one attached hydrogen (secondary N) is 2. The van der Waals surface area contributed by atoms with E-state index in [-0.39, 0.29) is 18.5 Å². The summed E-state index contributed by atoms with van der Waals surface area (Å²) in [6.07, 6.45) is 3.50. The number of rotatable bonds is 10. The normalized spacial score (nSPS) is 12.0. The van der Waals surface area contributed by atoms with Crippen molar-refractivity contribution in [1.29, 1.82) is 0 Å². The molecule has 28 heavy (non-hydrogen) atoms. The SMILES string of the molecule is CCCCc1ccc([C@H](NCC(=O)Nc2ccc(C(N)=O)cc2)C(C)C)cc1. The molecule has 0 unspecified atom stereocenters. The van der Waals surface area contributed by atoms with E-state index in [2.05, 4.69) is 55.7 Å². The van der Waals surface area contributed by atoms with E-state index >= 15 is 0 Å². The lowest BCUT2D eigenvalue weighted by molar-refractivity contribution is -0.115. The van der Waals surface area contributed by atoms with Gasteiger partial charge in [-0.2, -0.15) is 0 Å². The van der Waals surface area contributed by atoms with E-state index in [9.17, 15) is 9.59 Å². The Hall–Kier alpha value is -2.66. The van der Waals surface area contributed by atoms with Gasteiger partial charge >= 0.3 is 0 Å². The average Bonchev–Trinajstić information content (AvgIpc) is 2.67. The second kappa shape index (κ2) is 10.6. The Morgan fingerprint density at radius 1 is 1.00 bits per heavy atom. The third-order valence-electron chi connectivity index (χ3n) is 4.76. The standard InChI is InChI=1S/C23H31N3O2/c1-4-5-6-17-7-9-18(10-8-17)22(16(2)3)25-15-21(27)26-20-13-11-19(12-14-20)23(24)28/h7-14,16,22,25H,4-6,15H2,1-3H3,(H2,24,28)(H,26,27)/t22-/m1/s1. The van der Waals surface area contributed by atoms with Crippen molar-refractivity contribution in [2.75, 3.05) is 11.9 Å². The molecule has 5 nitrogen and oxygen atoms in total. The lowest BCUT2D eigenvalue weighted by Gasteiger charge is -2.23. The predicted octanol–water partition coefficient (Wildman–Crippen LogP) is 4.05. The highest BCUT2D eigenvalue weighted by Gasteiger charge is 2.16. The van der Waals surface area contributed by atoms with Gasteiger partial charge in [0, 0.05) is 17.3 Å². The van der Waals surface area contributed by atoms with Crippen LogP contribution in [0.3, 0.4) is 0 Å². The van der Waals surface area contributed by atoms with E-state index in [4.69, 9.17) is 5.73 Å². The number of aryl methyl sites for hydroxylation is 1. The molecule has 5 heteroatoms. The smallest absolute Gasteiger partial charge is 0.248 e. The Kier molecular flexibility index (Phi) is 8.20. The molecule has 0 spiro atoms. The molecule has 0 aromatic heterocycles. The minimum atomic E-state index is -0.486. The van der Waals surface area contributed by atoms with Crippen LogP contribution in [0.5, 0.6) is 0 Å². The summed E-state index contributed by atoms with van der Waals surface area (Å²) in [4.78, 5) is 23.4. The van der Waals surface area contributed by atoms with Gasteiger partial charge in [0.05, 0.1) is 6.54 Å². The summed E-state index contributed by atoms with van der Waals surface area (Å²) in [7, 11) is 0. The van der Waals surface area contributed by atoms with E-state index in [1.165, 1.54) is 24.0 Å². The van der Waals surface area contributed by atoms with Crippen molar-refractivity contribution in [3.63, 3.8) is 0 Å². The number of hydrogen-bond donors (Lipinski definition) is 3. The molecule has 0 aliphatic carbocycles. The van der Waals surface area contributed by atoms with Gasteiger partial charge in [0.15, 0.2) is 0 Å². The number of nitrogens with two attached hydrogens (primary N) is 1. The molecule has 0 saturated carbocycles. The Labute approximate surface area is 167 Å². The van der Waals surface area contributed by atoms with Crippen molar-refractivity contribution < 1.29 is 9.59 Å². The number of hydrogen-bond acceptors (Lipinski definition) is 3. The van der Waals surface area contributed by atoms with E-state index in [1.54, 1.807) is 24.3 Å². The summed E-state index contributed by atoms with van der Waals surface area (Å²) < 4.78 is 0. The Morgan fingerprint density at radius 2 is 1.64 bits per heavy atom. The molecule has 2 aromatic carbocycles. The second-order valence-corrected chi connectivity index (χ2v) is 7.44. The molecule has 0 radical (unpaired) electrons. The molecule has 150 valence electrons. The largest absolute Gasteiger partial charge is 0.366 e. The minimum absolute atomic E-state index is 0.100. The van der Waals surface area contributed by atoms with Gasteiger partial charge in [-0.15, -0.1) is 0 Å². The number of carbonyl (C=O) groups is 2. The highest BCUT2D eigenvalue weighted by Crippen LogP contribution is 2.22. The molecule has 0 heterocycles. The number of anilines is 1. The molecular weight excluding hydrogens is 350 g/mol. The number of amides is 2. The fraction of sp³-hybridized carbons (Fsp3) is 0.391. The summed E-state index contributed by atoms with van der Waals surface area (Å²) >= 11 is 0. The molecule has 0 bridgehead atoms. The molecule has 2 amide bonds. The first-order valence-electron chi connectivity index (χ1n) is 9.92. The van der Waals surface area contributed by atoms with Crippen molar-refractivity contribution in [2.45, 2.75) is 46.1 Å². The molecule has 0 fully saturated rings. The van der Waals surface area contributed by atoms with Gasteiger partial charge in [-0.25, -0.2) is 0 Å². The topological polar surface area (TPSA) is 84.2 Å². The maximum atomic E-state index is 12.3. The van der Waals surface area contributed by atoms with Crippen LogP contribution in [0.2, 0.25) is 0 Å². The fourth-order valence-electron chi connectivity index (χ4n) is 3.14. The quantitative estimate of drug-likeness (QED) is 0.580. The summed E-state index contributed by atoms with van der Waals surface area (Å²) in [6, 6.07) is 15.3. The van der Waals surface area contributed by atoms with E-state index in [1.807, 2.05) is 0 Å². The Morgan fingerprint density at radius 3 is 2.18 bits per heavy atom. The third-order valence-corrected chi connectivity index (χ3v) is 4.76. The average molecular weight is 382 g/mol. The van der Waals surface area contributed by atoms with Gasteiger partial charge in [-0.1, -0.05) is 51.5 Å². The molecule has 2 aromatic rings. The van der Waals surface area contributed by atoms with Gasteiger partial charge in [0.2, 0.25) is 11.8 Å². The van der Waals surface area contributed by atoms with Gasteiger partial charge in [0.1, 0.15) is 0 Å². The first-order chi connectivity index (χ1) is 13.4. The first kappa shape index (κ1) is 21.6.